The molecule has 0 aliphatic rings. The Morgan fingerprint density at radius 1 is 0.800 bits per heavy atom. The molecule has 3 rings (SSSR count). The molecule has 0 spiro atoms. The average molecular weight is 331 g/mol. The van der Waals surface area contributed by atoms with E-state index in [1.807, 2.05) is 73.7 Å². The minimum atomic E-state index is -1.74. The molecule has 1 N–H and O–H groups in total. The second-order valence-corrected chi connectivity index (χ2v) is 5.83. The van der Waals surface area contributed by atoms with E-state index in [1.165, 1.54) is 0 Å². The van der Waals surface area contributed by atoms with Crippen molar-refractivity contribution < 1.29 is 9.90 Å². The largest absolute Gasteiger partial charge is 0.372 e. The van der Waals surface area contributed by atoms with Crippen molar-refractivity contribution in [1.82, 2.24) is 0 Å². The molecule has 0 heterocycles. The molecule has 0 unspecified atom stereocenters. The van der Waals surface area contributed by atoms with Gasteiger partial charge < -0.3 is 10.0 Å². The summed E-state index contributed by atoms with van der Waals surface area (Å²) in [6.45, 7) is 2.37. The third kappa shape index (κ3) is 3.19. The topological polar surface area (TPSA) is 40.5 Å². The Morgan fingerprint density at radius 3 is 1.60 bits per heavy atom. The van der Waals surface area contributed by atoms with Crippen LogP contribution in [0.4, 0.5) is 5.69 Å². The fourth-order valence-corrected chi connectivity index (χ4v) is 3.02. The minimum absolute atomic E-state index is 0.362. The van der Waals surface area contributed by atoms with Gasteiger partial charge in [-0.15, -0.1) is 0 Å². The molecule has 0 aliphatic carbocycles. The number of carbonyl (C=O) groups excluding carboxylic acids is 1. The van der Waals surface area contributed by atoms with E-state index in [4.69, 9.17) is 0 Å². The van der Waals surface area contributed by atoms with Crippen LogP contribution in [0.1, 0.15) is 18.1 Å². The first-order valence-corrected chi connectivity index (χ1v) is 8.38. The Morgan fingerprint density at radius 2 is 1.20 bits per heavy atom. The molecule has 3 heteroatoms. The number of hydrogen-bond acceptors (Lipinski definition) is 2. The highest BCUT2D eigenvalue weighted by atomic mass is 16.3. The Kier molecular flexibility index (Phi) is 4.96. The van der Waals surface area contributed by atoms with Gasteiger partial charge >= 0.3 is 0 Å². The van der Waals surface area contributed by atoms with Crippen LogP contribution >= 0.6 is 0 Å². The molecule has 3 nitrogen and oxygen atoms in total. The van der Waals surface area contributed by atoms with Crippen LogP contribution in [0.25, 0.3) is 0 Å². The van der Waals surface area contributed by atoms with Crippen molar-refractivity contribution in [3.05, 3.63) is 102 Å². The van der Waals surface area contributed by atoms with Crippen LogP contribution in [-0.4, -0.2) is 17.6 Å². The summed E-state index contributed by atoms with van der Waals surface area (Å²) >= 11 is 0. The molecule has 25 heavy (non-hydrogen) atoms. The highest BCUT2D eigenvalue weighted by Gasteiger charge is 2.42. The predicted molar refractivity (Wildman–Crippen MR) is 100 cm³/mol. The van der Waals surface area contributed by atoms with Crippen LogP contribution in [0, 0.1) is 0 Å². The van der Waals surface area contributed by atoms with Gasteiger partial charge in [-0.1, -0.05) is 78.9 Å². The van der Waals surface area contributed by atoms with Gasteiger partial charge in [0.05, 0.1) is 0 Å². The number of rotatable bonds is 5. The third-order valence-corrected chi connectivity index (χ3v) is 4.32. The number of anilines is 1. The predicted octanol–water partition coefficient (Wildman–Crippen LogP) is 3.98. The molecular formula is C22H21NO2. The average Bonchev–Trinajstić information content (AvgIpc) is 2.70. The van der Waals surface area contributed by atoms with Crippen molar-refractivity contribution in [3.63, 3.8) is 0 Å². The zero-order chi connectivity index (χ0) is 17.7. The van der Waals surface area contributed by atoms with Crippen LogP contribution in [0.2, 0.25) is 0 Å². The number of likely N-dealkylation sites (N-methyl/N-ethyl adjacent to an activating group) is 1. The van der Waals surface area contributed by atoms with Gasteiger partial charge in [0, 0.05) is 12.2 Å². The van der Waals surface area contributed by atoms with Crippen molar-refractivity contribution in [2.45, 2.75) is 12.5 Å². The van der Waals surface area contributed by atoms with E-state index in [-0.39, 0.29) is 5.91 Å². The first-order valence-electron chi connectivity index (χ1n) is 8.38. The van der Waals surface area contributed by atoms with Crippen LogP contribution in [0.15, 0.2) is 91.0 Å². The SMILES string of the molecule is CCN(C(=O)C(O)(c1ccccc1)c1ccccc1)c1ccccc1. The first kappa shape index (κ1) is 16.9. The molecule has 3 aromatic rings. The molecule has 0 bridgehead atoms. The zero-order valence-corrected chi connectivity index (χ0v) is 14.2. The van der Waals surface area contributed by atoms with Gasteiger partial charge in [0.15, 0.2) is 5.60 Å². The fourth-order valence-electron chi connectivity index (χ4n) is 3.02. The van der Waals surface area contributed by atoms with Crippen LogP contribution in [0.3, 0.4) is 0 Å². The number of carbonyl (C=O) groups is 1. The van der Waals surface area contributed by atoms with Gasteiger partial charge in [0.25, 0.3) is 5.91 Å². The van der Waals surface area contributed by atoms with Crippen molar-refractivity contribution in [2.75, 3.05) is 11.4 Å². The van der Waals surface area contributed by atoms with Gasteiger partial charge in [-0.25, -0.2) is 0 Å². The van der Waals surface area contributed by atoms with Crippen molar-refractivity contribution in [2.24, 2.45) is 0 Å². The van der Waals surface area contributed by atoms with E-state index < -0.39 is 5.60 Å². The zero-order valence-electron chi connectivity index (χ0n) is 14.2. The lowest BCUT2D eigenvalue weighted by atomic mass is 9.85. The first-order chi connectivity index (χ1) is 12.2. The summed E-state index contributed by atoms with van der Waals surface area (Å²) in [5, 5.41) is 11.6. The maximum Gasteiger partial charge on any atom is 0.268 e. The second kappa shape index (κ2) is 7.32. The Balaban J connectivity index is 2.13. The smallest absolute Gasteiger partial charge is 0.268 e. The summed E-state index contributed by atoms with van der Waals surface area (Å²) in [4.78, 5) is 15.1. The highest BCUT2D eigenvalue weighted by molar-refractivity contribution is 6.02. The third-order valence-electron chi connectivity index (χ3n) is 4.32. The van der Waals surface area contributed by atoms with E-state index in [0.29, 0.717) is 17.7 Å². The van der Waals surface area contributed by atoms with Gasteiger partial charge in [0.2, 0.25) is 0 Å². The molecular weight excluding hydrogens is 310 g/mol. The molecule has 0 saturated carbocycles. The summed E-state index contributed by atoms with van der Waals surface area (Å²) in [5.74, 6) is -0.362. The summed E-state index contributed by atoms with van der Waals surface area (Å²) in [6, 6.07) is 27.6. The molecule has 3 aromatic carbocycles. The molecule has 126 valence electrons. The molecule has 0 aromatic heterocycles. The minimum Gasteiger partial charge on any atom is -0.372 e. The Bertz CT molecular complexity index is 777. The van der Waals surface area contributed by atoms with E-state index in [2.05, 4.69) is 0 Å². The Hall–Kier alpha value is -2.91. The fraction of sp³-hybridized carbons (Fsp3) is 0.136. The molecule has 0 atom stereocenters. The van der Waals surface area contributed by atoms with Crippen molar-refractivity contribution >= 4 is 11.6 Å². The summed E-state index contributed by atoms with van der Waals surface area (Å²) in [5.41, 5.74) is 0.135. The maximum absolute atomic E-state index is 13.5. The monoisotopic (exact) mass is 331 g/mol. The molecule has 0 fully saturated rings. The number of aliphatic hydroxyl groups is 1. The van der Waals surface area contributed by atoms with E-state index in [9.17, 15) is 9.90 Å². The van der Waals surface area contributed by atoms with Crippen molar-refractivity contribution in [1.29, 1.82) is 0 Å². The summed E-state index contributed by atoms with van der Waals surface area (Å²) in [7, 11) is 0. The molecule has 1 amide bonds. The lowest BCUT2D eigenvalue weighted by Crippen LogP contribution is -2.48. The van der Waals surface area contributed by atoms with Crippen LogP contribution in [0.5, 0.6) is 0 Å². The quantitative estimate of drug-likeness (QED) is 0.768. The normalized spacial score (nSPS) is 11.1. The van der Waals surface area contributed by atoms with Crippen molar-refractivity contribution in [3.8, 4) is 0 Å². The van der Waals surface area contributed by atoms with Gasteiger partial charge in [-0.3, -0.25) is 4.79 Å². The van der Waals surface area contributed by atoms with Gasteiger partial charge in [-0.2, -0.15) is 0 Å². The van der Waals surface area contributed by atoms with E-state index in [0.717, 1.165) is 5.69 Å². The molecule has 0 radical (unpaired) electrons. The standard InChI is InChI=1S/C22H21NO2/c1-2-23(20-16-10-5-11-17-20)21(24)22(25,18-12-6-3-7-13-18)19-14-8-4-9-15-19/h3-17,25H,2H2,1H3. The van der Waals surface area contributed by atoms with E-state index in [1.54, 1.807) is 29.2 Å². The van der Waals surface area contributed by atoms with Gasteiger partial charge in [-0.05, 0) is 30.2 Å². The highest BCUT2D eigenvalue weighted by Crippen LogP contribution is 2.33. The maximum atomic E-state index is 13.5. The van der Waals surface area contributed by atoms with E-state index >= 15 is 0 Å². The Labute approximate surface area is 148 Å². The number of hydrogen-bond donors (Lipinski definition) is 1. The number of para-hydroxylation sites is 1. The number of amides is 1. The second-order valence-electron chi connectivity index (χ2n) is 5.83. The summed E-state index contributed by atoms with van der Waals surface area (Å²) < 4.78 is 0. The number of benzene rings is 3. The summed E-state index contributed by atoms with van der Waals surface area (Å²) in [6.07, 6.45) is 0. The van der Waals surface area contributed by atoms with Gasteiger partial charge in [0.1, 0.15) is 0 Å². The number of nitrogens with zero attached hydrogens (tertiary/aromatic N) is 1. The van der Waals surface area contributed by atoms with Crippen LogP contribution in [-0.2, 0) is 10.4 Å². The van der Waals surface area contributed by atoms with Crippen LogP contribution < -0.4 is 4.90 Å². The molecule has 0 aliphatic heterocycles. The molecule has 0 saturated heterocycles. The lowest BCUT2D eigenvalue weighted by Gasteiger charge is -2.33. The lowest BCUT2D eigenvalue weighted by molar-refractivity contribution is -0.133.